The Labute approximate surface area is 157 Å². The first kappa shape index (κ1) is 17.0. The highest BCUT2D eigenvalue weighted by Crippen LogP contribution is 2.28. The molecule has 0 saturated carbocycles. The van der Waals surface area contributed by atoms with Gasteiger partial charge in [0.2, 0.25) is 0 Å². The predicted octanol–water partition coefficient (Wildman–Crippen LogP) is 2.60. The van der Waals surface area contributed by atoms with Gasteiger partial charge in [0.15, 0.2) is 0 Å². The maximum atomic E-state index is 13.2. The molecule has 3 heterocycles. The predicted molar refractivity (Wildman–Crippen MR) is 104 cm³/mol. The molecule has 0 fully saturated rings. The zero-order valence-electron chi connectivity index (χ0n) is 15.7. The molecular weight excluding hydrogens is 340 g/mol. The third-order valence-corrected chi connectivity index (χ3v) is 4.47. The van der Waals surface area contributed by atoms with Crippen LogP contribution in [0.15, 0.2) is 53.3 Å². The molecule has 0 saturated heterocycles. The minimum atomic E-state index is -0.168. The topological polar surface area (TPSA) is 68.3 Å². The largest absolute Gasteiger partial charge is 0.281 e. The van der Waals surface area contributed by atoms with Gasteiger partial charge in [-0.3, -0.25) is 14.2 Å². The molecule has 1 amide bonds. The first-order valence-electron chi connectivity index (χ1n) is 8.65. The van der Waals surface area contributed by atoms with Crippen LogP contribution in [-0.2, 0) is 18.9 Å². The summed E-state index contributed by atoms with van der Waals surface area (Å²) >= 11 is 0. The fourth-order valence-electron chi connectivity index (χ4n) is 3.23. The van der Waals surface area contributed by atoms with E-state index < -0.39 is 0 Å². The van der Waals surface area contributed by atoms with E-state index in [1.54, 1.807) is 9.36 Å². The first-order valence-corrected chi connectivity index (χ1v) is 8.65. The quantitative estimate of drug-likeness (QED) is 0.674. The number of hydrogen-bond donors (Lipinski definition) is 0. The van der Waals surface area contributed by atoms with Gasteiger partial charge in [-0.15, -0.1) is 0 Å². The van der Waals surface area contributed by atoms with Gasteiger partial charge in [0.05, 0.1) is 28.3 Å². The summed E-state index contributed by atoms with van der Waals surface area (Å²) in [6.45, 7) is 3.84. The Balaban J connectivity index is 1.88. The average molecular weight is 360 g/mol. The van der Waals surface area contributed by atoms with Crippen LogP contribution in [-0.4, -0.2) is 31.2 Å². The second-order valence-corrected chi connectivity index (χ2v) is 6.60. The van der Waals surface area contributed by atoms with Crippen LogP contribution in [0.4, 0.5) is 5.69 Å². The number of aromatic nitrogens is 4. The van der Waals surface area contributed by atoms with Crippen molar-refractivity contribution in [2.24, 2.45) is 19.2 Å². The molecule has 7 heteroatoms. The molecule has 1 aliphatic rings. The SMILES string of the molecule is Cc1cc(C2=NN(c3ccccc3)C(=O)/C2=C/c2cn(C)nc2C)n(C)n1. The summed E-state index contributed by atoms with van der Waals surface area (Å²) in [6, 6.07) is 11.4. The summed E-state index contributed by atoms with van der Waals surface area (Å²) in [6.07, 6.45) is 3.75. The van der Waals surface area contributed by atoms with Gasteiger partial charge in [-0.2, -0.15) is 20.3 Å². The van der Waals surface area contributed by atoms with Crippen molar-refractivity contribution in [1.29, 1.82) is 0 Å². The van der Waals surface area contributed by atoms with Crippen molar-refractivity contribution in [2.45, 2.75) is 13.8 Å². The van der Waals surface area contributed by atoms with Crippen LogP contribution >= 0.6 is 0 Å². The third-order valence-electron chi connectivity index (χ3n) is 4.47. The van der Waals surface area contributed by atoms with Gasteiger partial charge in [-0.25, -0.2) is 0 Å². The number of benzene rings is 1. The van der Waals surface area contributed by atoms with Crippen LogP contribution in [0, 0.1) is 13.8 Å². The molecule has 0 unspecified atom stereocenters. The Kier molecular flexibility index (Phi) is 3.99. The number of carbonyl (C=O) groups is 1. The molecule has 2 aromatic heterocycles. The second-order valence-electron chi connectivity index (χ2n) is 6.60. The molecule has 1 aliphatic heterocycles. The van der Waals surface area contributed by atoms with E-state index in [1.807, 2.05) is 76.6 Å². The molecule has 1 aromatic carbocycles. The molecule has 0 aliphatic carbocycles. The first-order chi connectivity index (χ1) is 12.9. The molecule has 0 bridgehead atoms. The number of aryl methyl sites for hydroxylation is 4. The lowest BCUT2D eigenvalue weighted by molar-refractivity contribution is -0.114. The number of nitrogens with zero attached hydrogens (tertiary/aromatic N) is 6. The second kappa shape index (κ2) is 6.35. The number of para-hydroxylation sites is 1. The molecule has 7 nitrogen and oxygen atoms in total. The zero-order chi connectivity index (χ0) is 19.1. The summed E-state index contributed by atoms with van der Waals surface area (Å²) < 4.78 is 3.49. The molecule has 3 aromatic rings. The van der Waals surface area contributed by atoms with Crippen molar-refractivity contribution in [3.05, 3.63) is 70.8 Å². The normalized spacial score (nSPS) is 15.7. The van der Waals surface area contributed by atoms with Gasteiger partial charge in [-0.1, -0.05) is 18.2 Å². The van der Waals surface area contributed by atoms with Gasteiger partial charge in [0.1, 0.15) is 5.71 Å². The Morgan fingerprint density at radius 1 is 1.04 bits per heavy atom. The van der Waals surface area contributed by atoms with Crippen LogP contribution in [0.25, 0.3) is 6.08 Å². The Bertz CT molecular complexity index is 1090. The van der Waals surface area contributed by atoms with E-state index in [9.17, 15) is 4.79 Å². The van der Waals surface area contributed by atoms with Crippen molar-refractivity contribution >= 4 is 23.4 Å². The van der Waals surface area contributed by atoms with E-state index in [2.05, 4.69) is 15.3 Å². The number of hydrazone groups is 1. The van der Waals surface area contributed by atoms with Crippen molar-refractivity contribution < 1.29 is 4.79 Å². The number of anilines is 1. The van der Waals surface area contributed by atoms with E-state index in [-0.39, 0.29) is 5.91 Å². The Morgan fingerprint density at radius 2 is 1.78 bits per heavy atom. The highest BCUT2D eigenvalue weighted by molar-refractivity contribution is 6.37. The lowest BCUT2D eigenvalue weighted by atomic mass is 10.0. The number of amides is 1. The highest BCUT2D eigenvalue weighted by atomic mass is 16.2. The van der Waals surface area contributed by atoms with Crippen molar-refractivity contribution in [1.82, 2.24) is 19.6 Å². The summed E-state index contributed by atoms with van der Waals surface area (Å²) in [5.74, 6) is -0.168. The van der Waals surface area contributed by atoms with Gasteiger partial charge < -0.3 is 0 Å². The zero-order valence-corrected chi connectivity index (χ0v) is 15.7. The minimum absolute atomic E-state index is 0.168. The third kappa shape index (κ3) is 2.97. The molecule has 136 valence electrons. The van der Waals surface area contributed by atoms with Gasteiger partial charge in [-0.05, 0) is 38.1 Å². The minimum Gasteiger partial charge on any atom is -0.275 e. The molecular formula is C20H20N6O. The number of rotatable bonds is 3. The van der Waals surface area contributed by atoms with Crippen molar-refractivity contribution in [3.63, 3.8) is 0 Å². The molecule has 0 radical (unpaired) electrons. The molecule has 0 spiro atoms. The number of carbonyl (C=O) groups excluding carboxylic acids is 1. The van der Waals surface area contributed by atoms with E-state index in [0.29, 0.717) is 11.3 Å². The fraction of sp³-hybridized carbons (Fsp3) is 0.200. The molecule has 0 atom stereocenters. The van der Waals surface area contributed by atoms with E-state index in [1.165, 1.54) is 5.01 Å². The van der Waals surface area contributed by atoms with Crippen LogP contribution in [0.3, 0.4) is 0 Å². The van der Waals surface area contributed by atoms with Crippen molar-refractivity contribution in [3.8, 4) is 0 Å². The average Bonchev–Trinajstić information content (AvgIpc) is 3.25. The van der Waals surface area contributed by atoms with E-state index in [0.717, 1.165) is 28.3 Å². The maximum Gasteiger partial charge on any atom is 0.281 e. The van der Waals surface area contributed by atoms with Crippen molar-refractivity contribution in [2.75, 3.05) is 5.01 Å². The van der Waals surface area contributed by atoms with Crippen LogP contribution in [0.1, 0.15) is 22.6 Å². The molecule has 4 rings (SSSR count). The van der Waals surface area contributed by atoms with Gasteiger partial charge >= 0.3 is 0 Å². The smallest absolute Gasteiger partial charge is 0.275 e. The molecule has 0 N–H and O–H groups in total. The van der Waals surface area contributed by atoms with E-state index >= 15 is 0 Å². The molecule has 27 heavy (non-hydrogen) atoms. The lowest BCUT2D eigenvalue weighted by Gasteiger charge is -2.10. The lowest BCUT2D eigenvalue weighted by Crippen LogP contribution is -2.21. The standard InChI is InChI=1S/C20H20N6O/c1-13-10-18(25(4)21-13)19-17(11-15-12-24(3)22-14(15)2)20(27)26(23-19)16-8-6-5-7-9-16/h5-12H,1-4H3/b17-11+. The maximum absolute atomic E-state index is 13.2. The summed E-state index contributed by atoms with van der Waals surface area (Å²) in [5.41, 5.74) is 5.28. The monoisotopic (exact) mass is 360 g/mol. The van der Waals surface area contributed by atoms with Crippen LogP contribution in [0.5, 0.6) is 0 Å². The summed E-state index contributed by atoms with van der Waals surface area (Å²) in [7, 11) is 3.72. The Hall–Kier alpha value is -3.48. The van der Waals surface area contributed by atoms with Gasteiger partial charge in [0, 0.05) is 25.9 Å². The fourth-order valence-corrected chi connectivity index (χ4v) is 3.23. The number of hydrogen-bond acceptors (Lipinski definition) is 4. The summed E-state index contributed by atoms with van der Waals surface area (Å²) in [5, 5.41) is 14.9. The highest BCUT2D eigenvalue weighted by Gasteiger charge is 2.33. The van der Waals surface area contributed by atoms with E-state index in [4.69, 9.17) is 0 Å². The van der Waals surface area contributed by atoms with Gasteiger partial charge in [0.25, 0.3) is 5.91 Å². The van der Waals surface area contributed by atoms with Crippen LogP contribution in [0.2, 0.25) is 0 Å². The summed E-state index contributed by atoms with van der Waals surface area (Å²) in [4.78, 5) is 13.2. The Morgan fingerprint density at radius 3 is 2.37 bits per heavy atom. The van der Waals surface area contributed by atoms with Crippen LogP contribution < -0.4 is 5.01 Å².